The number of rotatable bonds is 3. The minimum absolute atomic E-state index is 0.265. The summed E-state index contributed by atoms with van der Waals surface area (Å²) in [7, 11) is 0. The van der Waals surface area contributed by atoms with Gasteiger partial charge in [0.2, 0.25) is 5.95 Å². The van der Waals surface area contributed by atoms with Gasteiger partial charge in [-0.15, -0.1) is 16.4 Å². The van der Waals surface area contributed by atoms with Crippen LogP contribution in [0, 0.1) is 6.92 Å². The molecule has 0 radical (unpaired) electrons. The molecule has 0 aliphatic heterocycles. The summed E-state index contributed by atoms with van der Waals surface area (Å²) in [6.07, 6.45) is 3.10. The van der Waals surface area contributed by atoms with Gasteiger partial charge in [-0.2, -0.15) is 4.98 Å². The number of carbonyl (C=O) groups is 1. The van der Waals surface area contributed by atoms with E-state index >= 15 is 0 Å². The van der Waals surface area contributed by atoms with Gasteiger partial charge in [0, 0.05) is 6.08 Å². The lowest BCUT2D eigenvalue weighted by atomic mass is 10.3. The average molecular weight is 285 g/mol. The first-order valence-electron chi connectivity index (χ1n) is 5.94. The molecule has 0 saturated heterocycles. The van der Waals surface area contributed by atoms with Gasteiger partial charge in [0.05, 0.1) is 10.2 Å². The second-order valence-electron chi connectivity index (χ2n) is 4.09. The Hall–Kier alpha value is -2.54. The molecule has 2 N–H and O–H groups in total. The largest absolute Gasteiger partial charge is 0.290 e. The van der Waals surface area contributed by atoms with E-state index in [1.165, 1.54) is 17.4 Å². The smallest absolute Gasteiger partial charge is 0.250 e. The molecular weight excluding hydrogens is 274 g/mol. The highest BCUT2D eigenvalue weighted by atomic mass is 32.1. The first-order valence-corrected chi connectivity index (χ1v) is 6.76. The number of nitrogens with zero attached hydrogens (tertiary/aromatic N) is 3. The van der Waals surface area contributed by atoms with E-state index in [2.05, 4.69) is 25.5 Å². The fraction of sp³-hybridized carbons (Fsp3) is 0.0769. The van der Waals surface area contributed by atoms with Crippen LogP contribution in [0.15, 0.2) is 30.3 Å². The SMILES string of the molecule is Cc1nc(NC(=O)C=Cc2nc3ccccc3s2)n[nH]1. The highest BCUT2D eigenvalue weighted by Gasteiger charge is 2.04. The second kappa shape index (κ2) is 5.22. The number of carbonyl (C=O) groups excluding carboxylic acids is 1. The summed E-state index contributed by atoms with van der Waals surface area (Å²) >= 11 is 1.53. The maximum atomic E-state index is 11.7. The van der Waals surface area contributed by atoms with Crippen molar-refractivity contribution >= 4 is 39.5 Å². The summed E-state index contributed by atoms with van der Waals surface area (Å²) in [6.45, 7) is 1.76. The Kier molecular flexibility index (Phi) is 3.26. The van der Waals surface area contributed by atoms with Crippen molar-refractivity contribution < 1.29 is 4.79 Å². The molecule has 0 aliphatic rings. The number of para-hydroxylation sites is 1. The van der Waals surface area contributed by atoms with Gasteiger partial charge >= 0.3 is 0 Å². The van der Waals surface area contributed by atoms with Gasteiger partial charge in [-0.05, 0) is 25.1 Å². The second-order valence-corrected chi connectivity index (χ2v) is 5.15. The fourth-order valence-electron chi connectivity index (χ4n) is 1.66. The molecule has 0 bridgehead atoms. The van der Waals surface area contributed by atoms with Crippen LogP contribution in [-0.4, -0.2) is 26.1 Å². The molecule has 0 saturated carbocycles. The molecule has 0 aliphatic carbocycles. The monoisotopic (exact) mass is 285 g/mol. The third-order valence-electron chi connectivity index (χ3n) is 2.52. The molecule has 2 heterocycles. The van der Waals surface area contributed by atoms with Crippen LogP contribution in [0.3, 0.4) is 0 Å². The number of hydrogen-bond donors (Lipinski definition) is 2. The van der Waals surface area contributed by atoms with Gasteiger partial charge in [-0.1, -0.05) is 12.1 Å². The first-order chi connectivity index (χ1) is 9.70. The van der Waals surface area contributed by atoms with Gasteiger partial charge in [0.25, 0.3) is 5.91 Å². The molecule has 2 aromatic heterocycles. The Morgan fingerprint density at radius 2 is 2.20 bits per heavy atom. The summed E-state index contributed by atoms with van der Waals surface area (Å²) < 4.78 is 1.09. The minimum atomic E-state index is -0.289. The summed E-state index contributed by atoms with van der Waals surface area (Å²) in [4.78, 5) is 20.1. The zero-order valence-corrected chi connectivity index (χ0v) is 11.4. The Morgan fingerprint density at radius 3 is 2.95 bits per heavy atom. The predicted octanol–water partition coefficient (Wildman–Crippen LogP) is 2.37. The Morgan fingerprint density at radius 1 is 1.35 bits per heavy atom. The predicted molar refractivity (Wildman–Crippen MR) is 78.4 cm³/mol. The lowest BCUT2D eigenvalue weighted by Gasteiger charge is -1.92. The van der Waals surface area contributed by atoms with Crippen molar-refractivity contribution in [2.45, 2.75) is 6.92 Å². The zero-order valence-electron chi connectivity index (χ0n) is 10.6. The highest BCUT2D eigenvalue weighted by Crippen LogP contribution is 2.22. The van der Waals surface area contributed by atoms with Crippen molar-refractivity contribution in [3.8, 4) is 0 Å². The maximum absolute atomic E-state index is 11.7. The Labute approximate surface area is 118 Å². The number of benzene rings is 1. The van der Waals surface area contributed by atoms with E-state index in [4.69, 9.17) is 0 Å². The van der Waals surface area contributed by atoms with Crippen molar-refractivity contribution in [3.63, 3.8) is 0 Å². The van der Waals surface area contributed by atoms with E-state index in [0.29, 0.717) is 5.82 Å². The van der Waals surface area contributed by atoms with Crippen molar-refractivity contribution in [2.24, 2.45) is 0 Å². The molecule has 0 fully saturated rings. The molecule has 3 aromatic rings. The van der Waals surface area contributed by atoms with E-state index in [9.17, 15) is 4.79 Å². The summed E-state index contributed by atoms with van der Waals surface area (Å²) in [5.74, 6) is 0.625. The molecule has 7 heteroatoms. The number of H-pyrrole nitrogens is 1. The third kappa shape index (κ3) is 2.72. The molecule has 100 valence electrons. The molecular formula is C13H11N5OS. The van der Waals surface area contributed by atoms with Crippen LogP contribution in [0.1, 0.15) is 10.8 Å². The number of aromatic nitrogens is 4. The van der Waals surface area contributed by atoms with E-state index in [-0.39, 0.29) is 11.9 Å². The summed E-state index contributed by atoms with van der Waals surface area (Å²) in [5, 5.41) is 9.83. The number of fused-ring (bicyclic) bond motifs is 1. The van der Waals surface area contributed by atoms with Crippen LogP contribution >= 0.6 is 11.3 Å². The molecule has 3 rings (SSSR count). The van der Waals surface area contributed by atoms with Crippen molar-refractivity contribution in [1.82, 2.24) is 20.2 Å². The number of aryl methyl sites for hydroxylation is 1. The van der Waals surface area contributed by atoms with Gasteiger partial charge in [-0.3, -0.25) is 15.2 Å². The van der Waals surface area contributed by atoms with Crippen LogP contribution < -0.4 is 5.32 Å². The van der Waals surface area contributed by atoms with Gasteiger partial charge in [0.1, 0.15) is 10.8 Å². The third-order valence-corrected chi connectivity index (χ3v) is 3.52. The Balaban J connectivity index is 1.71. The van der Waals surface area contributed by atoms with Crippen molar-refractivity contribution in [1.29, 1.82) is 0 Å². The number of amides is 1. The standard InChI is InChI=1S/C13H11N5OS/c1-8-14-13(18-17-8)16-11(19)6-7-12-15-9-4-2-3-5-10(9)20-12/h2-7H,1H3,(H2,14,16,17,18,19). The van der Waals surface area contributed by atoms with Crippen LogP contribution in [0.2, 0.25) is 0 Å². The zero-order chi connectivity index (χ0) is 13.9. The molecule has 0 unspecified atom stereocenters. The van der Waals surface area contributed by atoms with E-state index in [1.54, 1.807) is 13.0 Å². The Bertz CT molecular complexity index is 756. The van der Waals surface area contributed by atoms with Crippen molar-refractivity contribution in [2.75, 3.05) is 5.32 Å². The molecule has 20 heavy (non-hydrogen) atoms. The van der Waals surface area contributed by atoms with Gasteiger partial charge in [-0.25, -0.2) is 4.98 Å². The molecule has 0 spiro atoms. The van der Waals surface area contributed by atoms with E-state index in [0.717, 1.165) is 15.2 Å². The van der Waals surface area contributed by atoms with Crippen LogP contribution in [-0.2, 0) is 4.79 Å². The van der Waals surface area contributed by atoms with E-state index < -0.39 is 0 Å². The van der Waals surface area contributed by atoms with Crippen LogP contribution in [0.5, 0.6) is 0 Å². The first kappa shape index (κ1) is 12.5. The number of thiazole rings is 1. The number of anilines is 1. The minimum Gasteiger partial charge on any atom is -0.290 e. The number of aromatic amines is 1. The maximum Gasteiger partial charge on any atom is 0.250 e. The lowest BCUT2D eigenvalue weighted by Crippen LogP contribution is -2.09. The summed E-state index contributed by atoms with van der Waals surface area (Å²) in [6, 6.07) is 7.85. The van der Waals surface area contributed by atoms with Crippen LogP contribution in [0.4, 0.5) is 5.95 Å². The normalized spacial score (nSPS) is 11.2. The molecule has 0 atom stereocenters. The van der Waals surface area contributed by atoms with E-state index in [1.807, 2.05) is 24.3 Å². The van der Waals surface area contributed by atoms with Crippen LogP contribution in [0.25, 0.3) is 16.3 Å². The number of nitrogens with one attached hydrogen (secondary N) is 2. The van der Waals surface area contributed by atoms with Crippen molar-refractivity contribution in [3.05, 3.63) is 41.2 Å². The lowest BCUT2D eigenvalue weighted by molar-refractivity contribution is -0.111. The molecule has 6 nitrogen and oxygen atoms in total. The highest BCUT2D eigenvalue weighted by molar-refractivity contribution is 7.19. The van der Waals surface area contributed by atoms with Gasteiger partial charge in [0.15, 0.2) is 0 Å². The molecule has 1 amide bonds. The van der Waals surface area contributed by atoms with Gasteiger partial charge < -0.3 is 0 Å². The quantitative estimate of drug-likeness (QED) is 0.724. The molecule has 1 aromatic carbocycles. The topological polar surface area (TPSA) is 83.6 Å². The summed E-state index contributed by atoms with van der Waals surface area (Å²) in [5.41, 5.74) is 0.933. The number of hydrogen-bond acceptors (Lipinski definition) is 5. The average Bonchev–Trinajstić information content (AvgIpc) is 3.02. The fourth-order valence-corrected chi connectivity index (χ4v) is 2.53.